The standard InChI is InChI=1S/C16H13FO/c17-13-7-4-12(5-8-13)15-3-1-2-11-6-9-14(18)10-16(11)15/h3-10,18H,1-2H2. The SMILES string of the molecule is Oc1ccc2c(c1)C(c1ccc(F)cc1)=CCC2. The van der Waals surface area contributed by atoms with Gasteiger partial charge < -0.3 is 5.11 Å². The number of aromatic hydroxyl groups is 1. The number of phenolic OH excluding ortho intramolecular Hbond substituents is 1. The predicted molar refractivity (Wildman–Crippen MR) is 69.9 cm³/mol. The van der Waals surface area contributed by atoms with Gasteiger partial charge >= 0.3 is 0 Å². The van der Waals surface area contributed by atoms with Crippen molar-refractivity contribution in [2.24, 2.45) is 0 Å². The molecule has 3 rings (SSSR count). The minimum atomic E-state index is -0.230. The van der Waals surface area contributed by atoms with Gasteiger partial charge in [0.2, 0.25) is 0 Å². The van der Waals surface area contributed by atoms with Crippen molar-refractivity contribution in [3.63, 3.8) is 0 Å². The van der Waals surface area contributed by atoms with E-state index in [0.29, 0.717) is 0 Å². The van der Waals surface area contributed by atoms with E-state index in [0.717, 1.165) is 29.5 Å². The van der Waals surface area contributed by atoms with Crippen LogP contribution in [0.15, 0.2) is 48.5 Å². The molecule has 1 N–H and O–H groups in total. The highest BCUT2D eigenvalue weighted by molar-refractivity contribution is 5.83. The summed E-state index contributed by atoms with van der Waals surface area (Å²) in [6.07, 6.45) is 4.11. The average Bonchev–Trinajstić information content (AvgIpc) is 2.39. The number of phenols is 1. The molecule has 0 heterocycles. The Morgan fingerprint density at radius 1 is 1.00 bits per heavy atom. The number of fused-ring (bicyclic) bond motifs is 1. The molecule has 90 valence electrons. The van der Waals surface area contributed by atoms with E-state index in [-0.39, 0.29) is 11.6 Å². The molecule has 0 bridgehead atoms. The molecule has 0 fully saturated rings. The van der Waals surface area contributed by atoms with Crippen molar-refractivity contribution in [3.8, 4) is 5.75 Å². The fourth-order valence-electron chi connectivity index (χ4n) is 2.42. The summed E-state index contributed by atoms with van der Waals surface area (Å²) in [5, 5.41) is 9.61. The summed E-state index contributed by atoms with van der Waals surface area (Å²) in [5.41, 5.74) is 4.34. The zero-order valence-corrected chi connectivity index (χ0v) is 9.86. The van der Waals surface area contributed by atoms with Crippen LogP contribution in [0.5, 0.6) is 5.75 Å². The first-order chi connectivity index (χ1) is 8.74. The van der Waals surface area contributed by atoms with Crippen molar-refractivity contribution >= 4 is 5.57 Å². The number of hydrogen-bond donors (Lipinski definition) is 1. The normalized spacial score (nSPS) is 13.9. The van der Waals surface area contributed by atoms with Crippen LogP contribution in [0.4, 0.5) is 4.39 Å². The molecule has 2 aromatic rings. The summed E-state index contributed by atoms with van der Waals surface area (Å²) in [6.45, 7) is 0. The second kappa shape index (κ2) is 4.30. The minimum absolute atomic E-state index is 0.230. The van der Waals surface area contributed by atoms with Crippen LogP contribution in [0.3, 0.4) is 0 Å². The Balaban J connectivity index is 2.11. The van der Waals surface area contributed by atoms with Crippen molar-refractivity contribution in [1.82, 2.24) is 0 Å². The van der Waals surface area contributed by atoms with E-state index >= 15 is 0 Å². The van der Waals surface area contributed by atoms with E-state index in [1.807, 2.05) is 6.07 Å². The van der Waals surface area contributed by atoms with Crippen LogP contribution in [-0.4, -0.2) is 5.11 Å². The van der Waals surface area contributed by atoms with Gasteiger partial charge in [0.25, 0.3) is 0 Å². The number of rotatable bonds is 1. The van der Waals surface area contributed by atoms with Gasteiger partial charge in [-0.1, -0.05) is 24.3 Å². The molecule has 0 saturated heterocycles. The number of hydrogen-bond acceptors (Lipinski definition) is 1. The van der Waals surface area contributed by atoms with Crippen molar-refractivity contribution in [2.75, 3.05) is 0 Å². The number of aryl methyl sites for hydroxylation is 1. The molecule has 18 heavy (non-hydrogen) atoms. The Morgan fingerprint density at radius 3 is 2.56 bits per heavy atom. The molecule has 0 saturated carbocycles. The molecule has 1 aliphatic rings. The molecule has 2 aromatic carbocycles. The highest BCUT2D eigenvalue weighted by atomic mass is 19.1. The van der Waals surface area contributed by atoms with E-state index in [2.05, 4.69) is 6.08 Å². The lowest BCUT2D eigenvalue weighted by atomic mass is 9.87. The monoisotopic (exact) mass is 240 g/mol. The Kier molecular flexibility index (Phi) is 2.63. The summed E-state index contributed by atoms with van der Waals surface area (Å²) in [6, 6.07) is 11.9. The third-order valence-corrected chi connectivity index (χ3v) is 3.30. The second-order valence-electron chi connectivity index (χ2n) is 4.50. The van der Waals surface area contributed by atoms with Crippen LogP contribution in [0.2, 0.25) is 0 Å². The maximum Gasteiger partial charge on any atom is 0.123 e. The summed E-state index contributed by atoms with van der Waals surface area (Å²) >= 11 is 0. The number of halogens is 1. The number of benzene rings is 2. The lowest BCUT2D eigenvalue weighted by Gasteiger charge is -2.18. The van der Waals surface area contributed by atoms with Crippen LogP contribution in [0.1, 0.15) is 23.1 Å². The van der Waals surface area contributed by atoms with Gasteiger partial charge in [0.05, 0.1) is 0 Å². The smallest absolute Gasteiger partial charge is 0.123 e. The molecular weight excluding hydrogens is 227 g/mol. The third kappa shape index (κ3) is 1.90. The van der Waals surface area contributed by atoms with Crippen molar-refractivity contribution in [2.45, 2.75) is 12.8 Å². The molecule has 0 unspecified atom stereocenters. The molecule has 0 atom stereocenters. The van der Waals surface area contributed by atoms with Crippen LogP contribution in [0.25, 0.3) is 5.57 Å². The van der Waals surface area contributed by atoms with E-state index in [4.69, 9.17) is 0 Å². The van der Waals surface area contributed by atoms with Crippen LogP contribution in [-0.2, 0) is 6.42 Å². The molecule has 0 amide bonds. The molecule has 1 nitrogen and oxygen atoms in total. The van der Waals surface area contributed by atoms with Gasteiger partial charge in [0.15, 0.2) is 0 Å². The molecule has 0 aliphatic heterocycles. The second-order valence-corrected chi connectivity index (χ2v) is 4.50. The summed E-state index contributed by atoms with van der Waals surface area (Å²) in [4.78, 5) is 0. The number of allylic oxidation sites excluding steroid dienone is 1. The quantitative estimate of drug-likeness (QED) is 0.801. The topological polar surface area (TPSA) is 20.2 Å². The van der Waals surface area contributed by atoms with Gasteiger partial charge in [-0.25, -0.2) is 4.39 Å². The fraction of sp³-hybridized carbons (Fsp3) is 0.125. The summed E-state index contributed by atoms with van der Waals surface area (Å²) in [5.74, 6) is 0.0370. The maximum absolute atomic E-state index is 13.0. The average molecular weight is 240 g/mol. The first kappa shape index (κ1) is 11.0. The van der Waals surface area contributed by atoms with Crippen LogP contribution >= 0.6 is 0 Å². The largest absolute Gasteiger partial charge is 0.508 e. The molecule has 0 aromatic heterocycles. The highest BCUT2D eigenvalue weighted by Gasteiger charge is 2.14. The van der Waals surface area contributed by atoms with Gasteiger partial charge in [0, 0.05) is 0 Å². The highest BCUT2D eigenvalue weighted by Crippen LogP contribution is 2.33. The molecule has 0 radical (unpaired) electrons. The van der Waals surface area contributed by atoms with E-state index in [1.165, 1.54) is 17.7 Å². The lowest BCUT2D eigenvalue weighted by Crippen LogP contribution is -2.00. The Labute approximate surface area is 105 Å². The zero-order chi connectivity index (χ0) is 12.5. The van der Waals surface area contributed by atoms with Gasteiger partial charge in [-0.3, -0.25) is 0 Å². The fourth-order valence-corrected chi connectivity index (χ4v) is 2.42. The van der Waals surface area contributed by atoms with Gasteiger partial charge in [-0.15, -0.1) is 0 Å². The van der Waals surface area contributed by atoms with Crippen LogP contribution in [0, 0.1) is 5.82 Å². The Bertz CT molecular complexity index is 611. The van der Waals surface area contributed by atoms with E-state index < -0.39 is 0 Å². The molecule has 0 spiro atoms. The van der Waals surface area contributed by atoms with E-state index in [9.17, 15) is 9.50 Å². The third-order valence-electron chi connectivity index (χ3n) is 3.30. The van der Waals surface area contributed by atoms with Crippen LogP contribution < -0.4 is 0 Å². The van der Waals surface area contributed by atoms with Gasteiger partial charge in [-0.2, -0.15) is 0 Å². The molecular formula is C16H13FO. The van der Waals surface area contributed by atoms with Crippen molar-refractivity contribution < 1.29 is 9.50 Å². The van der Waals surface area contributed by atoms with Crippen molar-refractivity contribution in [3.05, 3.63) is 71.0 Å². The molecule has 2 heteroatoms. The lowest BCUT2D eigenvalue weighted by molar-refractivity contribution is 0.475. The summed E-state index contributed by atoms with van der Waals surface area (Å²) in [7, 11) is 0. The first-order valence-electron chi connectivity index (χ1n) is 6.02. The van der Waals surface area contributed by atoms with Gasteiger partial charge in [0.1, 0.15) is 11.6 Å². The maximum atomic E-state index is 13.0. The predicted octanol–water partition coefficient (Wildman–Crippen LogP) is 3.91. The summed E-state index contributed by atoms with van der Waals surface area (Å²) < 4.78 is 13.0. The molecule has 1 aliphatic carbocycles. The van der Waals surface area contributed by atoms with Crippen molar-refractivity contribution in [1.29, 1.82) is 0 Å². The van der Waals surface area contributed by atoms with Gasteiger partial charge in [-0.05, 0) is 59.4 Å². The Morgan fingerprint density at radius 2 is 1.78 bits per heavy atom. The van der Waals surface area contributed by atoms with E-state index in [1.54, 1.807) is 24.3 Å². The minimum Gasteiger partial charge on any atom is -0.508 e. The first-order valence-corrected chi connectivity index (χ1v) is 6.02. The Hall–Kier alpha value is -2.09. The zero-order valence-electron chi connectivity index (χ0n) is 9.86.